The van der Waals surface area contributed by atoms with Crippen molar-refractivity contribution in [2.75, 3.05) is 6.54 Å². The van der Waals surface area contributed by atoms with E-state index in [4.69, 9.17) is 5.11 Å². The van der Waals surface area contributed by atoms with Gasteiger partial charge in [0.1, 0.15) is 6.04 Å². The van der Waals surface area contributed by atoms with Crippen molar-refractivity contribution in [2.45, 2.75) is 51.6 Å². The Morgan fingerprint density at radius 3 is 2.65 bits per heavy atom. The molecule has 0 saturated heterocycles. The van der Waals surface area contributed by atoms with Gasteiger partial charge in [-0.25, -0.2) is 9.59 Å². The minimum absolute atomic E-state index is 0.0509. The van der Waals surface area contributed by atoms with Crippen LogP contribution in [0.3, 0.4) is 0 Å². The Hall–Kier alpha value is -2.57. The van der Waals surface area contributed by atoms with Gasteiger partial charge in [0.2, 0.25) is 5.91 Å². The van der Waals surface area contributed by atoms with Crippen LogP contribution in [-0.2, 0) is 16.0 Å². The van der Waals surface area contributed by atoms with Gasteiger partial charge in [-0.15, -0.1) is 0 Å². The van der Waals surface area contributed by atoms with Crippen molar-refractivity contribution < 1.29 is 19.5 Å². The van der Waals surface area contributed by atoms with Crippen molar-refractivity contribution in [2.24, 2.45) is 5.92 Å². The summed E-state index contributed by atoms with van der Waals surface area (Å²) in [4.78, 5) is 35.2. The number of urea groups is 1. The van der Waals surface area contributed by atoms with Gasteiger partial charge in [-0.2, -0.15) is 0 Å². The van der Waals surface area contributed by atoms with E-state index in [9.17, 15) is 14.4 Å². The number of nitrogens with one attached hydrogen (secondary N) is 3. The highest BCUT2D eigenvalue weighted by Crippen LogP contribution is 2.29. The number of carbonyl (C=O) groups excluding carboxylic acids is 2. The minimum Gasteiger partial charge on any atom is -0.480 e. The van der Waals surface area contributed by atoms with Gasteiger partial charge in [-0.05, 0) is 42.7 Å². The fourth-order valence-corrected chi connectivity index (χ4v) is 3.21. The van der Waals surface area contributed by atoms with E-state index in [0.717, 1.165) is 24.8 Å². The molecule has 2 rings (SSSR count). The Bertz CT molecular complexity index is 660. The van der Waals surface area contributed by atoms with Gasteiger partial charge in [0.25, 0.3) is 0 Å². The average Bonchev–Trinajstić information content (AvgIpc) is 2.59. The first-order valence-corrected chi connectivity index (χ1v) is 9.01. The molecule has 0 aromatic heterocycles. The molecule has 4 N–H and O–H groups in total. The van der Waals surface area contributed by atoms with Gasteiger partial charge in [0.05, 0.1) is 12.6 Å². The molecule has 0 unspecified atom stereocenters. The highest BCUT2D eigenvalue weighted by atomic mass is 16.4. The molecule has 26 heavy (non-hydrogen) atoms. The third-order valence-electron chi connectivity index (χ3n) is 4.42. The van der Waals surface area contributed by atoms with Crippen LogP contribution in [0.4, 0.5) is 4.79 Å². The van der Waals surface area contributed by atoms with Crippen LogP contribution < -0.4 is 16.0 Å². The standard InChI is InChI=1S/C19H27N3O4/c1-12(2)10-16(18(24)25)22-19(26)20-11-17(23)21-15-9-5-7-13-6-3-4-8-14(13)15/h3-4,6,8,12,15-16H,5,7,9-11H2,1-2H3,(H,21,23)(H,24,25)(H2,20,22,26)/t15-,16-/m0/s1. The maximum absolute atomic E-state index is 12.2. The summed E-state index contributed by atoms with van der Waals surface area (Å²) in [6, 6.07) is 6.36. The van der Waals surface area contributed by atoms with Crippen molar-refractivity contribution >= 4 is 17.9 Å². The lowest BCUT2D eigenvalue weighted by molar-refractivity contribution is -0.139. The average molecular weight is 361 g/mol. The monoisotopic (exact) mass is 361 g/mol. The number of rotatable bonds is 7. The molecule has 7 heteroatoms. The van der Waals surface area contributed by atoms with Crippen LogP contribution in [0.2, 0.25) is 0 Å². The number of hydrogen-bond acceptors (Lipinski definition) is 3. The number of amides is 3. The molecule has 0 spiro atoms. The molecule has 0 fully saturated rings. The van der Waals surface area contributed by atoms with Gasteiger partial charge >= 0.3 is 12.0 Å². The highest BCUT2D eigenvalue weighted by molar-refractivity contribution is 5.86. The summed E-state index contributed by atoms with van der Waals surface area (Å²) < 4.78 is 0. The molecule has 1 aromatic rings. The molecule has 7 nitrogen and oxygen atoms in total. The SMILES string of the molecule is CC(C)C[C@H](NC(=O)NCC(=O)N[C@H]1CCCc2ccccc21)C(=O)O. The number of hydrogen-bond donors (Lipinski definition) is 4. The molecule has 1 aromatic carbocycles. The van der Waals surface area contributed by atoms with Gasteiger partial charge in [-0.1, -0.05) is 38.1 Å². The summed E-state index contributed by atoms with van der Waals surface area (Å²) in [5.41, 5.74) is 2.37. The number of carboxylic acids is 1. The van der Waals surface area contributed by atoms with Gasteiger partial charge in [-0.3, -0.25) is 4.79 Å². The smallest absolute Gasteiger partial charge is 0.326 e. The lowest BCUT2D eigenvalue weighted by Crippen LogP contribution is -2.49. The normalized spacial score (nSPS) is 17.1. The molecule has 0 radical (unpaired) electrons. The van der Waals surface area contributed by atoms with Crippen LogP contribution in [0.5, 0.6) is 0 Å². The maximum Gasteiger partial charge on any atom is 0.326 e. The molecule has 0 saturated carbocycles. The minimum atomic E-state index is -1.09. The van der Waals surface area contributed by atoms with Crippen LogP contribution in [-0.4, -0.2) is 35.6 Å². The summed E-state index contributed by atoms with van der Waals surface area (Å²) in [6.07, 6.45) is 3.21. The Morgan fingerprint density at radius 2 is 1.96 bits per heavy atom. The fraction of sp³-hybridized carbons (Fsp3) is 0.526. The van der Waals surface area contributed by atoms with E-state index in [0.29, 0.717) is 6.42 Å². The third kappa shape index (κ3) is 5.75. The van der Waals surface area contributed by atoms with Crippen LogP contribution in [0.15, 0.2) is 24.3 Å². The molecule has 3 amide bonds. The van der Waals surface area contributed by atoms with E-state index in [1.165, 1.54) is 5.56 Å². The van der Waals surface area contributed by atoms with Crippen molar-refractivity contribution in [1.29, 1.82) is 0 Å². The number of benzene rings is 1. The first-order chi connectivity index (χ1) is 12.4. The van der Waals surface area contributed by atoms with Crippen molar-refractivity contribution in [3.05, 3.63) is 35.4 Å². The van der Waals surface area contributed by atoms with Crippen LogP contribution in [0.1, 0.15) is 50.3 Å². The zero-order chi connectivity index (χ0) is 19.1. The maximum atomic E-state index is 12.2. The highest BCUT2D eigenvalue weighted by Gasteiger charge is 2.23. The molecule has 1 aliphatic rings. The molecule has 1 aliphatic carbocycles. The Labute approximate surface area is 153 Å². The quantitative estimate of drug-likeness (QED) is 0.595. The Morgan fingerprint density at radius 1 is 1.23 bits per heavy atom. The van der Waals surface area contributed by atoms with E-state index in [1.807, 2.05) is 32.0 Å². The van der Waals surface area contributed by atoms with E-state index < -0.39 is 18.0 Å². The van der Waals surface area contributed by atoms with Gasteiger partial charge in [0.15, 0.2) is 0 Å². The van der Waals surface area contributed by atoms with E-state index in [-0.39, 0.29) is 24.4 Å². The number of carboxylic acid groups (broad SMARTS) is 1. The summed E-state index contributed by atoms with van der Waals surface area (Å²) in [6.45, 7) is 3.56. The molecular weight excluding hydrogens is 334 g/mol. The number of fused-ring (bicyclic) bond motifs is 1. The zero-order valence-electron chi connectivity index (χ0n) is 15.2. The van der Waals surface area contributed by atoms with Crippen molar-refractivity contribution in [1.82, 2.24) is 16.0 Å². The predicted octanol–water partition coefficient (Wildman–Crippen LogP) is 1.98. The summed E-state index contributed by atoms with van der Waals surface area (Å²) in [5, 5.41) is 16.9. The van der Waals surface area contributed by atoms with Gasteiger partial charge < -0.3 is 21.1 Å². The molecular formula is C19H27N3O4. The molecule has 0 bridgehead atoms. The first kappa shape index (κ1) is 19.8. The summed E-state index contributed by atoms with van der Waals surface area (Å²) in [7, 11) is 0. The second-order valence-electron chi connectivity index (χ2n) is 7.06. The second-order valence-corrected chi connectivity index (χ2v) is 7.06. The third-order valence-corrected chi connectivity index (χ3v) is 4.42. The number of aryl methyl sites for hydroxylation is 1. The van der Waals surface area contributed by atoms with E-state index in [2.05, 4.69) is 22.0 Å². The first-order valence-electron chi connectivity index (χ1n) is 9.01. The zero-order valence-corrected chi connectivity index (χ0v) is 15.2. The van der Waals surface area contributed by atoms with E-state index >= 15 is 0 Å². The lowest BCUT2D eigenvalue weighted by atomic mass is 9.88. The topological polar surface area (TPSA) is 108 Å². The summed E-state index contributed by atoms with van der Waals surface area (Å²) in [5.74, 6) is -1.25. The van der Waals surface area contributed by atoms with Crippen LogP contribution in [0, 0.1) is 5.92 Å². The Kier molecular flexibility index (Phi) is 7.00. The summed E-state index contributed by atoms with van der Waals surface area (Å²) >= 11 is 0. The Balaban J connectivity index is 1.82. The van der Waals surface area contributed by atoms with Crippen LogP contribution in [0.25, 0.3) is 0 Å². The number of aliphatic carboxylic acids is 1. The molecule has 2 atom stereocenters. The fourth-order valence-electron chi connectivity index (χ4n) is 3.21. The van der Waals surface area contributed by atoms with Crippen molar-refractivity contribution in [3.8, 4) is 0 Å². The van der Waals surface area contributed by atoms with Crippen LogP contribution >= 0.6 is 0 Å². The van der Waals surface area contributed by atoms with Crippen molar-refractivity contribution in [3.63, 3.8) is 0 Å². The van der Waals surface area contributed by atoms with Gasteiger partial charge in [0, 0.05) is 0 Å². The lowest BCUT2D eigenvalue weighted by Gasteiger charge is -2.26. The molecule has 0 aliphatic heterocycles. The number of carbonyl (C=O) groups is 3. The van der Waals surface area contributed by atoms with E-state index in [1.54, 1.807) is 0 Å². The predicted molar refractivity (Wildman–Crippen MR) is 97.7 cm³/mol. The second kappa shape index (κ2) is 9.22. The molecule has 0 heterocycles. The largest absolute Gasteiger partial charge is 0.480 e. The molecule has 142 valence electrons.